The van der Waals surface area contributed by atoms with Crippen molar-refractivity contribution in [3.63, 3.8) is 0 Å². The van der Waals surface area contributed by atoms with E-state index in [4.69, 9.17) is 5.73 Å². The van der Waals surface area contributed by atoms with E-state index >= 15 is 0 Å². The first-order valence-corrected chi connectivity index (χ1v) is 8.42. The van der Waals surface area contributed by atoms with Crippen molar-refractivity contribution in [2.75, 3.05) is 5.75 Å². The van der Waals surface area contributed by atoms with Crippen molar-refractivity contribution >= 4 is 29.0 Å². The summed E-state index contributed by atoms with van der Waals surface area (Å²) >= 11 is 2.86. The lowest BCUT2D eigenvalue weighted by molar-refractivity contribution is 0.0930. The molecule has 7 heteroatoms. The molecule has 21 heavy (non-hydrogen) atoms. The first kappa shape index (κ1) is 14.5. The van der Waals surface area contributed by atoms with Gasteiger partial charge in [0.1, 0.15) is 16.5 Å². The molecule has 4 nitrogen and oxygen atoms in total. The molecule has 1 aliphatic heterocycles. The molecule has 3 rings (SSSR count). The number of hydrogen-bond acceptors (Lipinski definition) is 5. The van der Waals surface area contributed by atoms with Crippen molar-refractivity contribution in [1.82, 2.24) is 10.3 Å². The molecule has 0 bridgehead atoms. The van der Waals surface area contributed by atoms with Crippen LogP contribution in [-0.4, -0.2) is 16.6 Å². The van der Waals surface area contributed by atoms with Gasteiger partial charge in [-0.25, -0.2) is 9.37 Å². The van der Waals surface area contributed by atoms with Crippen LogP contribution in [0.4, 0.5) is 4.39 Å². The second kappa shape index (κ2) is 6.13. The van der Waals surface area contributed by atoms with E-state index in [1.807, 2.05) is 6.07 Å². The molecule has 1 aromatic carbocycles. The van der Waals surface area contributed by atoms with E-state index in [0.29, 0.717) is 17.1 Å². The van der Waals surface area contributed by atoms with Crippen molar-refractivity contribution in [2.24, 2.45) is 5.73 Å². The van der Waals surface area contributed by atoms with E-state index in [9.17, 15) is 9.18 Å². The average molecular weight is 323 g/mol. The maximum absolute atomic E-state index is 13.8. The van der Waals surface area contributed by atoms with Gasteiger partial charge in [-0.05, 0) is 18.1 Å². The van der Waals surface area contributed by atoms with Crippen LogP contribution in [0.5, 0.6) is 0 Å². The Kier molecular flexibility index (Phi) is 4.23. The fourth-order valence-corrected chi connectivity index (χ4v) is 4.07. The van der Waals surface area contributed by atoms with Crippen molar-refractivity contribution in [3.8, 4) is 0 Å². The predicted molar refractivity (Wildman–Crippen MR) is 82.0 cm³/mol. The number of rotatable bonds is 3. The van der Waals surface area contributed by atoms with Crippen LogP contribution in [0.1, 0.15) is 33.5 Å². The van der Waals surface area contributed by atoms with E-state index in [1.54, 1.807) is 11.4 Å². The number of carbonyl (C=O) groups is 1. The highest BCUT2D eigenvalue weighted by Crippen LogP contribution is 2.37. The number of benzene rings is 1. The summed E-state index contributed by atoms with van der Waals surface area (Å²) in [5, 5.41) is 5.36. The SMILES string of the molecule is NCc1nc(C(=O)NC2CCSc3c(F)cccc32)cs1. The van der Waals surface area contributed by atoms with E-state index < -0.39 is 0 Å². The molecule has 0 spiro atoms. The zero-order valence-electron chi connectivity index (χ0n) is 11.1. The van der Waals surface area contributed by atoms with Crippen LogP contribution >= 0.6 is 23.1 Å². The summed E-state index contributed by atoms with van der Waals surface area (Å²) in [5.41, 5.74) is 6.71. The van der Waals surface area contributed by atoms with Crippen LogP contribution in [0.2, 0.25) is 0 Å². The Labute approximate surface area is 130 Å². The highest BCUT2D eigenvalue weighted by atomic mass is 32.2. The molecule has 0 saturated heterocycles. The molecule has 1 aromatic heterocycles. The van der Waals surface area contributed by atoms with Gasteiger partial charge in [-0.3, -0.25) is 4.79 Å². The quantitative estimate of drug-likeness (QED) is 0.911. The zero-order chi connectivity index (χ0) is 14.8. The number of fused-ring (bicyclic) bond motifs is 1. The zero-order valence-corrected chi connectivity index (χ0v) is 12.8. The average Bonchev–Trinajstić information content (AvgIpc) is 2.97. The van der Waals surface area contributed by atoms with Crippen molar-refractivity contribution in [3.05, 3.63) is 45.7 Å². The molecule has 2 aromatic rings. The first-order valence-electron chi connectivity index (χ1n) is 6.55. The summed E-state index contributed by atoms with van der Waals surface area (Å²) in [6, 6.07) is 4.81. The van der Waals surface area contributed by atoms with Crippen molar-refractivity contribution < 1.29 is 9.18 Å². The molecule has 0 fully saturated rings. The number of aromatic nitrogens is 1. The van der Waals surface area contributed by atoms with Gasteiger partial charge in [-0.1, -0.05) is 12.1 Å². The normalized spacial score (nSPS) is 17.3. The smallest absolute Gasteiger partial charge is 0.271 e. The van der Waals surface area contributed by atoms with Crippen LogP contribution in [0.25, 0.3) is 0 Å². The fourth-order valence-electron chi connectivity index (χ4n) is 2.28. The van der Waals surface area contributed by atoms with Crippen LogP contribution in [0.15, 0.2) is 28.5 Å². The second-order valence-corrected chi connectivity index (χ2v) is 6.70. The summed E-state index contributed by atoms with van der Waals surface area (Å²) in [5.74, 6) is 0.317. The molecule has 1 atom stereocenters. The first-order chi connectivity index (χ1) is 10.2. The minimum atomic E-state index is -0.238. The summed E-state index contributed by atoms with van der Waals surface area (Å²) in [6.07, 6.45) is 0.779. The van der Waals surface area contributed by atoms with Crippen LogP contribution in [0.3, 0.4) is 0 Å². The Bertz CT molecular complexity index is 674. The number of carbonyl (C=O) groups excluding carboxylic acids is 1. The predicted octanol–water partition coefficient (Wildman–Crippen LogP) is 2.71. The van der Waals surface area contributed by atoms with E-state index in [0.717, 1.165) is 22.7 Å². The lowest BCUT2D eigenvalue weighted by Crippen LogP contribution is -2.31. The summed E-state index contributed by atoms with van der Waals surface area (Å²) < 4.78 is 13.8. The van der Waals surface area contributed by atoms with Gasteiger partial charge in [0.2, 0.25) is 0 Å². The van der Waals surface area contributed by atoms with E-state index in [1.165, 1.54) is 29.2 Å². The summed E-state index contributed by atoms with van der Waals surface area (Å²) in [7, 11) is 0. The van der Waals surface area contributed by atoms with Gasteiger partial charge in [0, 0.05) is 22.6 Å². The number of halogens is 1. The van der Waals surface area contributed by atoms with Crippen LogP contribution in [-0.2, 0) is 6.54 Å². The minimum absolute atomic E-state index is 0.174. The highest BCUT2D eigenvalue weighted by Gasteiger charge is 2.25. The largest absolute Gasteiger partial charge is 0.344 e. The lowest BCUT2D eigenvalue weighted by atomic mass is 10.0. The molecule has 110 valence electrons. The Morgan fingerprint density at radius 2 is 2.38 bits per heavy atom. The molecule has 0 saturated carbocycles. The third kappa shape index (κ3) is 2.95. The maximum Gasteiger partial charge on any atom is 0.271 e. The summed E-state index contributed by atoms with van der Waals surface area (Å²) in [4.78, 5) is 17.0. The topological polar surface area (TPSA) is 68.0 Å². The number of nitrogens with zero attached hydrogens (tertiary/aromatic N) is 1. The molecular formula is C14H14FN3OS2. The van der Waals surface area contributed by atoms with Gasteiger partial charge in [0.25, 0.3) is 5.91 Å². The molecule has 0 aliphatic carbocycles. The highest BCUT2D eigenvalue weighted by molar-refractivity contribution is 7.99. The number of amides is 1. The maximum atomic E-state index is 13.8. The van der Waals surface area contributed by atoms with Gasteiger partial charge in [-0.2, -0.15) is 0 Å². The van der Waals surface area contributed by atoms with Crippen molar-refractivity contribution in [1.29, 1.82) is 0 Å². The van der Waals surface area contributed by atoms with Gasteiger partial charge in [0.15, 0.2) is 0 Å². The Hall–Kier alpha value is -1.44. The fraction of sp³-hybridized carbons (Fsp3) is 0.286. The van der Waals surface area contributed by atoms with Crippen LogP contribution < -0.4 is 11.1 Å². The number of thiazole rings is 1. The second-order valence-electron chi connectivity index (χ2n) is 4.65. The Morgan fingerprint density at radius 1 is 1.52 bits per heavy atom. The third-order valence-corrected chi connectivity index (χ3v) is 5.32. The van der Waals surface area contributed by atoms with Gasteiger partial charge in [-0.15, -0.1) is 23.1 Å². The third-order valence-electron chi connectivity index (χ3n) is 3.29. The molecule has 0 radical (unpaired) electrons. The number of nitrogens with one attached hydrogen (secondary N) is 1. The number of hydrogen-bond donors (Lipinski definition) is 2. The lowest BCUT2D eigenvalue weighted by Gasteiger charge is -2.25. The molecule has 2 heterocycles. The Balaban J connectivity index is 1.80. The minimum Gasteiger partial charge on any atom is -0.344 e. The Morgan fingerprint density at radius 3 is 3.14 bits per heavy atom. The summed E-state index contributed by atoms with van der Waals surface area (Å²) in [6.45, 7) is 0.325. The van der Waals surface area contributed by atoms with Crippen molar-refractivity contribution in [2.45, 2.75) is 23.9 Å². The van der Waals surface area contributed by atoms with Gasteiger partial charge in [0.05, 0.1) is 6.04 Å². The monoisotopic (exact) mass is 323 g/mol. The molecular weight excluding hydrogens is 309 g/mol. The molecule has 3 N–H and O–H groups in total. The number of thioether (sulfide) groups is 1. The van der Waals surface area contributed by atoms with Gasteiger partial charge >= 0.3 is 0 Å². The van der Waals surface area contributed by atoms with Gasteiger partial charge < -0.3 is 11.1 Å². The standard InChI is InChI=1S/C14H14FN3OS2/c15-9-3-1-2-8-10(4-5-20-13(8)9)18-14(19)11-7-21-12(6-16)17-11/h1-3,7,10H,4-6,16H2,(H,18,19). The van der Waals surface area contributed by atoms with Crippen LogP contribution in [0, 0.1) is 5.82 Å². The van der Waals surface area contributed by atoms with E-state index in [-0.39, 0.29) is 17.8 Å². The van der Waals surface area contributed by atoms with E-state index in [2.05, 4.69) is 10.3 Å². The number of nitrogens with two attached hydrogens (primary N) is 1. The molecule has 1 amide bonds. The molecule has 1 aliphatic rings. The molecule has 1 unspecified atom stereocenters.